The molecule has 7 heteroatoms. The number of carbonyl (C=O) groups is 1. The molecule has 1 aromatic rings. The minimum absolute atomic E-state index is 0.0594. The highest BCUT2D eigenvalue weighted by Crippen LogP contribution is 2.31. The predicted octanol–water partition coefficient (Wildman–Crippen LogP) is 2.09. The van der Waals surface area contributed by atoms with Gasteiger partial charge in [0.1, 0.15) is 0 Å². The Morgan fingerprint density at radius 1 is 1.28 bits per heavy atom. The number of anilines is 1. The van der Waals surface area contributed by atoms with Crippen LogP contribution in [0.3, 0.4) is 0 Å². The standard InChI is InChI=1S/C18H28N2O4S/c1-17(2,3)25(22,23)12-14-5-4-6-15(11-14)20-16(21)18(13-19)7-9-24-10-8-18/h4-6,11H,7-10,12-13,19H2,1-3H3,(H,20,21). The Hall–Kier alpha value is -1.44. The van der Waals surface area contributed by atoms with Crippen LogP contribution in [-0.4, -0.2) is 38.8 Å². The zero-order valence-corrected chi connectivity index (χ0v) is 16.0. The molecule has 0 bridgehead atoms. The van der Waals surface area contributed by atoms with Gasteiger partial charge < -0.3 is 15.8 Å². The van der Waals surface area contributed by atoms with Crippen molar-refractivity contribution in [2.75, 3.05) is 25.1 Å². The second-order valence-corrected chi connectivity index (χ2v) is 10.4. The molecule has 0 radical (unpaired) electrons. The zero-order chi connectivity index (χ0) is 18.7. The maximum absolute atomic E-state index is 12.7. The fourth-order valence-corrected chi connectivity index (χ4v) is 3.78. The molecule has 0 aliphatic carbocycles. The fraction of sp³-hybridized carbons (Fsp3) is 0.611. The van der Waals surface area contributed by atoms with Gasteiger partial charge in [-0.1, -0.05) is 12.1 Å². The SMILES string of the molecule is CC(C)(C)S(=O)(=O)Cc1cccc(NC(=O)C2(CN)CCOCC2)c1. The van der Waals surface area contributed by atoms with E-state index in [2.05, 4.69) is 5.32 Å². The van der Waals surface area contributed by atoms with Crippen molar-refractivity contribution in [3.8, 4) is 0 Å². The summed E-state index contributed by atoms with van der Waals surface area (Å²) in [4.78, 5) is 12.7. The highest BCUT2D eigenvalue weighted by molar-refractivity contribution is 7.91. The average Bonchev–Trinajstić information content (AvgIpc) is 2.54. The Labute approximate surface area is 150 Å². The van der Waals surface area contributed by atoms with Gasteiger partial charge in [-0.15, -0.1) is 0 Å². The molecule has 1 saturated heterocycles. The first-order valence-corrected chi connectivity index (χ1v) is 10.2. The maximum atomic E-state index is 12.7. The Bertz CT molecular complexity index is 717. The van der Waals surface area contributed by atoms with Crippen molar-refractivity contribution >= 4 is 21.4 Å². The summed E-state index contributed by atoms with van der Waals surface area (Å²) in [5, 5.41) is 2.90. The average molecular weight is 368 g/mol. The summed E-state index contributed by atoms with van der Waals surface area (Å²) in [5.74, 6) is -0.190. The molecular weight excluding hydrogens is 340 g/mol. The van der Waals surface area contributed by atoms with Crippen LogP contribution >= 0.6 is 0 Å². The molecule has 3 N–H and O–H groups in total. The molecule has 0 saturated carbocycles. The van der Waals surface area contributed by atoms with E-state index in [-0.39, 0.29) is 18.2 Å². The lowest BCUT2D eigenvalue weighted by Crippen LogP contribution is -2.46. The van der Waals surface area contributed by atoms with Crippen LogP contribution in [0, 0.1) is 5.41 Å². The topological polar surface area (TPSA) is 98.5 Å². The molecule has 0 aromatic heterocycles. The number of rotatable bonds is 5. The Kier molecular flexibility index (Phi) is 5.91. The van der Waals surface area contributed by atoms with E-state index >= 15 is 0 Å². The van der Waals surface area contributed by atoms with E-state index < -0.39 is 20.0 Å². The van der Waals surface area contributed by atoms with Crippen LogP contribution in [0.5, 0.6) is 0 Å². The third-order valence-corrected chi connectivity index (χ3v) is 7.38. The van der Waals surface area contributed by atoms with Crippen molar-refractivity contribution in [1.82, 2.24) is 0 Å². The summed E-state index contributed by atoms with van der Waals surface area (Å²) in [6.07, 6.45) is 1.18. The lowest BCUT2D eigenvalue weighted by molar-refractivity contribution is -0.130. The lowest BCUT2D eigenvalue weighted by Gasteiger charge is -2.34. The van der Waals surface area contributed by atoms with E-state index in [9.17, 15) is 13.2 Å². The van der Waals surface area contributed by atoms with Gasteiger partial charge in [0.2, 0.25) is 5.91 Å². The van der Waals surface area contributed by atoms with Crippen molar-refractivity contribution < 1.29 is 17.9 Å². The number of hydrogen-bond donors (Lipinski definition) is 2. The number of hydrogen-bond acceptors (Lipinski definition) is 5. The lowest BCUT2D eigenvalue weighted by atomic mass is 9.79. The predicted molar refractivity (Wildman–Crippen MR) is 99.0 cm³/mol. The number of amides is 1. The molecule has 6 nitrogen and oxygen atoms in total. The number of benzene rings is 1. The van der Waals surface area contributed by atoms with Crippen LogP contribution in [0.15, 0.2) is 24.3 Å². The summed E-state index contributed by atoms with van der Waals surface area (Å²) in [6, 6.07) is 6.98. The molecule has 1 aliphatic rings. The highest BCUT2D eigenvalue weighted by Gasteiger charge is 2.38. The van der Waals surface area contributed by atoms with Crippen LogP contribution in [0.2, 0.25) is 0 Å². The monoisotopic (exact) mass is 368 g/mol. The molecule has 2 rings (SSSR count). The third kappa shape index (κ3) is 4.59. The normalized spacial score (nSPS) is 17.9. The Balaban J connectivity index is 2.15. The molecule has 25 heavy (non-hydrogen) atoms. The molecule has 1 amide bonds. The highest BCUT2D eigenvalue weighted by atomic mass is 32.2. The Morgan fingerprint density at radius 2 is 1.92 bits per heavy atom. The van der Waals surface area contributed by atoms with Crippen LogP contribution in [0.1, 0.15) is 39.2 Å². The molecule has 1 fully saturated rings. The van der Waals surface area contributed by atoms with Crippen molar-refractivity contribution in [3.63, 3.8) is 0 Å². The van der Waals surface area contributed by atoms with Crippen LogP contribution in [-0.2, 0) is 25.1 Å². The first kappa shape index (κ1) is 19.9. The third-order valence-electron chi connectivity index (χ3n) is 4.80. The van der Waals surface area contributed by atoms with E-state index in [1.165, 1.54) is 0 Å². The van der Waals surface area contributed by atoms with Gasteiger partial charge >= 0.3 is 0 Å². The molecule has 0 unspecified atom stereocenters. The maximum Gasteiger partial charge on any atom is 0.232 e. The minimum atomic E-state index is -3.28. The summed E-state index contributed by atoms with van der Waals surface area (Å²) in [6.45, 7) is 6.36. The van der Waals surface area contributed by atoms with Gasteiger partial charge in [0.25, 0.3) is 0 Å². The zero-order valence-electron chi connectivity index (χ0n) is 15.2. The van der Waals surface area contributed by atoms with E-state index in [4.69, 9.17) is 10.5 Å². The second kappa shape index (κ2) is 7.43. The molecule has 1 heterocycles. The largest absolute Gasteiger partial charge is 0.381 e. The van der Waals surface area contributed by atoms with Gasteiger partial charge in [-0.3, -0.25) is 4.79 Å². The van der Waals surface area contributed by atoms with Gasteiger partial charge in [0.05, 0.1) is 15.9 Å². The van der Waals surface area contributed by atoms with Crippen LogP contribution < -0.4 is 11.1 Å². The molecule has 0 atom stereocenters. The fourth-order valence-electron chi connectivity index (χ4n) is 2.72. The van der Waals surface area contributed by atoms with Crippen molar-refractivity contribution in [2.24, 2.45) is 11.1 Å². The van der Waals surface area contributed by atoms with Gasteiger partial charge in [-0.25, -0.2) is 8.42 Å². The number of nitrogens with one attached hydrogen (secondary N) is 1. The van der Waals surface area contributed by atoms with E-state index in [0.29, 0.717) is 37.3 Å². The van der Waals surface area contributed by atoms with E-state index in [1.54, 1.807) is 45.0 Å². The van der Waals surface area contributed by atoms with Gasteiger partial charge in [-0.05, 0) is 51.3 Å². The molecule has 1 aliphatic heterocycles. The van der Waals surface area contributed by atoms with Gasteiger partial charge in [0.15, 0.2) is 9.84 Å². The molecule has 0 spiro atoms. The van der Waals surface area contributed by atoms with Crippen molar-refractivity contribution in [2.45, 2.75) is 44.1 Å². The number of nitrogens with two attached hydrogens (primary N) is 1. The first-order chi connectivity index (χ1) is 11.6. The summed E-state index contributed by atoms with van der Waals surface area (Å²) in [5.41, 5.74) is 6.48. The Morgan fingerprint density at radius 3 is 2.48 bits per heavy atom. The summed E-state index contributed by atoms with van der Waals surface area (Å²) >= 11 is 0. The molecular formula is C18H28N2O4S. The smallest absolute Gasteiger partial charge is 0.232 e. The van der Waals surface area contributed by atoms with Crippen LogP contribution in [0.4, 0.5) is 5.69 Å². The second-order valence-electron chi connectivity index (χ2n) is 7.62. The number of sulfone groups is 1. The molecule has 1 aromatic carbocycles. The summed E-state index contributed by atoms with van der Waals surface area (Å²) < 4.78 is 29.3. The van der Waals surface area contributed by atoms with Crippen molar-refractivity contribution in [1.29, 1.82) is 0 Å². The van der Waals surface area contributed by atoms with Gasteiger partial charge in [0, 0.05) is 25.4 Å². The van der Waals surface area contributed by atoms with E-state index in [0.717, 1.165) is 0 Å². The van der Waals surface area contributed by atoms with Crippen LogP contribution in [0.25, 0.3) is 0 Å². The quantitative estimate of drug-likeness (QED) is 0.829. The number of ether oxygens (including phenoxy) is 1. The van der Waals surface area contributed by atoms with E-state index in [1.807, 2.05) is 0 Å². The summed E-state index contributed by atoms with van der Waals surface area (Å²) in [7, 11) is -3.28. The molecule has 140 valence electrons. The minimum Gasteiger partial charge on any atom is -0.381 e. The first-order valence-electron chi connectivity index (χ1n) is 8.50. The van der Waals surface area contributed by atoms with Gasteiger partial charge in [-0.2, -0.15) is 0 Å². The van der Waals surface area contributed by atoms with Crippen molar-refractivity contribution in [3.05, 3.63) is 29.8 Å². The number of carbonyl (C=O) groups excluding carboxylic acids is 1.